The van der Waals surface area contributed by atoms with Gasteiger partial charge >= 0.3 is 0 Å². The number of aliphatic hydroxyl groups excluding tert-OH is 2. The van der Waals surface area contributed by atoms with Gasteiger partial charge in [-0.25, -0.2) is 0 Å². The van der Waals surface area contributed by atoms with Crippen LogP contribution in [0.15, 0.2) is 0 Å². The molecule has 3 saturated carbocycles. The number of carbonyl (C=O) groups is 1. The molecule has 0 aromatic heterocycles. The summed E-state index contributed by atoms with van der Waals surface area (Å²) in [6.07, 6.45) is -0.826. The first kappa shape index (κ1) is 13.5. The van der Waals surface area contributed by atoms with E-state index in [2.05, 4.69) is 13.8 Å². The van der Waals surface area contributed by atoms with Gasteiger partial charge in [0.15, 0.2) is 5.78 Å². The van der Waals surface area contributed by atoms with Crippen LogP contribution in [-0.2, 0) is 4.79 Å². The summed E-state index contributed by atoms with van der Waals surface area (Å²) in [4.78, 5) is 12.5. The highest BCUT2D eigenvalue weighted by atomic mass is 16.4. The van der Waals surface area contributed by atoms with Crippen molar-refractivity contribution in [3.05, 3.63) is 0 Å². The first-order valence-corrected chi connectivity index (χ1v) is 7.21. The molecule has 0 radical (unpaired) electrons. The quantitative estimate of drug-likeness (QED) is 0.605. The number of rotatable bonds is 0. The Bertz CT molecular complexity index is 445. The minimum absolute atomic E-state index is 0.0209. The van der Waals surface area contributed by atoms with Crippen molar-refractivity contribution in [2.75, 3.05) is 0 Å². The van der Waals surface area contributed by atoms with Crippen LogP contribution in [0.25, 0.3) is 0 Å². The molecular weight excluding hydrogens is 244 g/mol. The first-order chi connectivity index (χ1) is 8.58. The van der Waals surface area contributed by atoms with Crippen LogP contribution in [0.1, 0.15) is 40.5 Å². The van der Waals surface area contributed by atoms with Crippen molar-refractivity contribution >= 4 is 5.78 Å². The Hall–Kier alpha value is -0.450. The maximum atomic E-state index is 12.5. The van der Waals surface area contributed by atoms with Crippen molar-refractivity contribution in [1.29, 1.82) is 0 Å². The van der Waals surface area contributed by atoms with Crippen molar-refractivity contribution in [3.8, 4) is 0 Å². The molecule has 0 aromatic rings. The van der Waals surface area contributed by atoms with Crippen molar-refractivity contribution in [3.63, 3.8) is 0 Å². The van der Waals surface area contributed by atoms with Crippen molar-refractivity contribution in [2.45, 2.75) is 58.3 Å². The van der Waals surface area contributed by atoms with E-state index in [1.807, 2.05) is 6.92 Å². The van der Waals surface area contributed by atoms with Gasteiger partial charge in [0, 0.05) is 0 Å². The predicted molar refractivity (Wildman–Crippen MR) is 69.2 cm³/mol. The fourth-order valence-corrected chi connectivity index (χ4v) is 5.45. The zero-order chi connectivity index (χ0) is 14.4. The van der Waals surface area contributed by atoms with E-state index in [-0.39, 0.29) is 35.4 Å². The number of fused-ring (bicyclic) bond motifs is 3. The highest BCUT2D eigenvalue weighted by Gasteiger charge is 2.78. The van der Waals surface area contributed by atoms with Crippen LogP contribution in [0, 0.1) is 28.6 Å². The minimum atomic E-state index is -1.40. The summed E-state index contributed by atoms with van der Waals surface area (Å²) in [7, 11) is 0. The second-order valence-corrected chi connectivity index (χ2v) is 7.81. The molecule has 19 heavy (non-hydrogen) atoms. The van der Waals surface area contributed by atoms with Gasteiger partial charge in [0.25, 0.3) is 0 Å². The standard InChI is InChI=1S/C15H24O4/c1-7-5-9(16)11(17)14(4)8-6-13(2,3)10(8)12(18)15(7,14)19/h7-10,12,16,18-19H,5-6H2,1-4H3/t7-,8+,9+,10-,12+,14+,15-/m1/s1. The molecule has 0 aromatic carbocycles. The highest BCUT2D eigenvalue weighted by molar-refractivity contribution is 5.92. The fraction of sp³-hybridized carbons (Fsp3) is 0.933. The lowest BCUT2D eigenvalue weighted by atomic mass is 9.49. The van der Waals surface area contributed by atoms with E-state index in [9.17, 15) is 20.1 Å². The van der Waals surface area contributed by atoms with Gasteiger partial charge in [-0.2, -0.15) is 0 Å². The lowest BCUT2D eigenvalue weighted by Crippen LogP contribution is -2.65. The molecule has 0 bridgehead atoms. The number of hydrogen-bond donors (Lipinski definition) is 3. The lowest BCUT2D eigenvalue weighted by Gasteiger charge is -2.54. The van der Waals surface area contributed by atoms with Gasteiger partial charge in [0.1, 0.15) is 11.7 Å². The van der Waals surface area contributed by atoms with E-state index in [4.69, 9.17) is 0 Å². The van der Waals surface area contributed by atoms with Gasteiger partial charge < -0.3 is 15.3 Å². The van der Waals surface area contributed by atoms with Crippen LogP contribution in [0.4, 0.5) is 0 Å². The van der Waals surface area contributed by atoms with Crippen molar-refractivity contribution in [1.82, 2.24) is 0 Å². The molecule has 3 N–H and O–H groups in total. The lowest BCUT2D eigenvalue weighted by molar-refractivity contribution is -0.197. The second kappa shape index (κ2) is 3.41. The molecule has 0 saturated heterocycles. The van der Waals surface area contributed by atoms with Gasteiger partial charge in [-0.1, -0.05) is 20.8 Å². The number of hydrogen-bond acceptors (Lipinski definition) is 4. The zero-order valence-corrected chi connectivity index (χ0v) is 12.1. The summed E-state index contributed by atoms with van der Waals surface area (Å²) in [5.41, 5.74) is -2.46. The normalized spacial score (nSPS) is 59.3. The molecule has 0 amide bonds. The van der Waals surface area contributed by atoms with Crippen LogP contribution in [0.2, 0.25) is 0 Å². The van der Waals surface area contributed by atoms with Gasteiger partial charge in [-0.15, -0.1) is 0 Å². The molecular formula is C15H24O4. The molecule has 3 aliphatic carbocycles. The van der Waals surface area contributed by atoms with E-state index >= 15 is 0 Å². The molecule has 0 unspecified atom stereocenters. The Labute approximate surface area is 113 Å². The Morgan fingerprint density at radius 3 is 2.32 bits per heavy atom. The number of Topliss-reactive ketones (excluding diaryl/α,β-unsaturated/α-hetero) is 1. The second-order valence-electron chi connectivity index (χ2n) is 7.81. The Kier molecular flexibility index (Phi) is 2.43. The maximum Gasteiger partial charge on any atom is 0.170 e. The average Bonchev–Trinajstić information content (AvgIpc) is 2.45. The fourth-order valence-electron chi connectivity index (χ4n) is 5.45. The van der Waals surface area contributed by atoms with Crippen molar-refractivity contribution < 1.29 is 20.1 Å². The van der Waals surface area contributed by atoms with E-state index in [1.165, 1.54) is 0 Å². The topological polar surface area (TPSA) is 77.8 Å². The van der Waals surface area contributed by atoms with E-state index < -0.39 is 23.2 Å². The van der Waals surface area contributed by atoms with Gasteiger partial charge in [0.2, 0.25) is 0 Å². The molecule has 0 heterocycles. The largest absolute Gasteiger partial charge is 0.390 e. The number of ketones is 1. The van der Waals surface area contributed by atoms with Crippen molar-refractivity contribution in [2.24, 2.45) is 28.6 Å². The van der Waals surface area contributed by atoms with Gasteiger partial charge in [-0.05, 0) is 42.9 Å². The van der Waals surface area contributed by atoms with Gasteiger partial charge in [0.05, 0.1) is 11.5 Å². The summed E-state index contributed by atoms with van der Waals surface area (Å²) in [6.45, 7) is 7.73. The van der Waals surface area contributed by atoms with Crippen LogP contribution >= 0.6 is 0 Å². The van der Waals surface area contributed by atoms with E-state index in [0.29, 0.717) is 0 Å². The smallest absolute Gasteiger partial charge is 0.170 e. The Balaban J connectivity index is 2.14. The SMILES string of the molecule is C[C@@H]1C[C@H](O)C(=O)[C@]2(C)[C@H]3CC(C)(C)[C@H]3[C@H](O)[C@]12O. The Morgan fingerprint density at radius 2 is 1.79 bits per heavy atom. The molecule has 3 fully saturated rings. The molecule has 3 aliphatic rings. The summed E-state index contributed by atoms with van der Waals surface area (Å²) in [6, 6.07) is 0. The molecule has 108 valence electrons. The predicted octanol–water partition coefficient (Wildman–Crippen LogP) is 0.730. The highest BCUT2D eigenvalue weighted by Crippen LogP contribution is 2.71. The van der Waals surface area contributed by atoms with Crippen LogP contribution in [-0.4, -0.2) is 38.9 Å². The zero-order valence-electron chi connectivity index (χ0n) is 12.1. The molecule has 4 nitrogen and oxygen atoms in total. The first-order valence-electron chi connectivity index (χ1n) is 7.21. The summed E-state index contributed by atoms with van der Waals surface area (Å²) in [5, 5.41) is 31.8. The van der Waals surface area contributed by atoms with Crippen LogP contribution in [0.5, 0.6) is 0 Å². The van der Waals surface area contributed by atoms with Gasteiger partial charge in [-0.3, -0.25) is 4.79 Å². The number of carbonyl (C=O) groups excluding carboxylic acids is 1. The third-order valence-electron chi connectivity index (χ3n) is 6.59. The molecule has 3 rings (SSSR count). The van der Waals surface area contributed by atoms with E-state index in [1.54, 1.807) is 6.92 Å². The Morgan fingerprint density at radius 1 is 1.21 bits per heavy atom. The monoisotopic (exact) mass is 268 g/mol. The van der Waals surface area contributed by atoms with Crippen LogP contribution < -0.4 is 0 Å². The maximum absolute atomic E-state index is 12.5. The third-order valence-corrected chi connectivity index (χ3v) is 6.59. The molecule has 0 spiro atoms. The van der Waals surface area contributed by atoms with E-state index in [0.717, 1.165) is 6.42 Å². The minimum Gasteiger partial charge on any atom is -0.390 e. The molecule has 7 atom stereocenters. The third kappa shape index (κ3) is 1.20. The molecule has 4 heteroatoms. The summed E-state index contributed by atoms with van der Waals surface area (Å²) >= 11 is 0. The molecule has 0 aliphatic heterocycles. The number of aliphatic hydroxyl groups is 3. The van der Waals surface area contributed by atoms with Crippen LogP contribution in [0.3, 0.4) is 0 Å². The summed E-state index contributed by atoms with van der Waals surface area (Å²) < 4.78 is 0. The summed E-state index contributed by atoms with van der Waals surface area (Å²) in [5.74, 6) is -0.636. The average molecular weight is 268 g/mol.